The van der Waals surface area contributed by atoms with Gasteiger partial charge < -0.3 is 5.32 Å². The molecular formula is C14H11ClFNOS. The van der Waals surface area contributed by atoms with Crippen molar-refractivity contribution >= 4 is 35.0 Å². The van der Waals surface area contributed by atoms with Gasteiger partial charge in [0, 0.05) is 16.1 Å². The summed E-state index contributed by atoms with van der Waals surface area (Å²) in [6.45, 7) is 0. The highest BCUT2D eigenvalue weighted by Crippen LogP contribution is 2.21. The lowest BCUT2D eigenvalue weighted by Crippen LogP contribution is -2.11. The number of carbonyl (C=O) groups is 1. The van der Waals surface area contributed by atoms with Gasteiger partial charge in [0.2, 0.25) is 0 Å². The van der Waals surface area contributed by atoms with E-state index in [1.54, 1.807) is 23.9 Å². The summed E-state index contributed by atoms with van der Waals surface area (Å²) < 4.78 is 13.0. The van der Waals surface area contributed by atoms with Gasteiger partial charge in [-0.25, -0.2) is 4.39 Å². The first-order chi connectivity index (χ1) is 9.10. The minimum atomic E-state index is -0.510. The van der Waals surface area contributed by atoms with Crippen molar-refractivity contribution in [2.45, 2.75) is 4.90 Å². The van der Waals surface area contributed by atoms with Crippen LogP contribution in [0.4, 0.5) is 10.1 Å². The minimum Gasteiger partial charge on any atom is -0.322 e. The summed E-state index contributed by atoms with van der Waals surface area (Å²) in [5.41, 5.74) is 1.01. The quantitative estimate of drug-likeness (QED) is 0.847. The van der Waals surface area contributed by atoms with Crippen LogP contribution in [0.1, 0.15) is 10.4 Å². The van der Waals surface area contributed by atoms with Crippen molar-refractivity contribution in [1.82, 2.24) is 0 Å². The molecule has 98 valence electrons. The van der Waals surface area contributed by atoms with Crippen LogP contribution in [-0.4, -0.2) is 12.2 Å². The molecule has 0 atom stereocenters. The van der Waals surface area contributed by atoms with Gasteiger partial charge in [0.05, 0.1) is 5.02 Å². The third kappa shape index (κ3) is 3.49. The van der Waals surface area contributed by atoms with Crippen molar-refractivity contribution in [2.75, 3.05) is 11.6 Å². The van der Waals surface area contributed by atoms with Gasteiger partial charge in [0.1, 0.15) is 5.82 Å². The summed E-state index contributed by atoms with van der Waals surface area (Å²) in [5, 5.41) is 2.66. The van der Waals surface area contributed by atoms with Crippen LogP contribution in [0.2, 0.25) is 5.02 Å². The molecule has 0 heterocycles. The van der Waals surface area contributed by atoms with Gasteiger partial charge in [-0.05, 0) is 42.7 Å². The maximum atomic E-state index is 13.0. The molecule has 1 N–H and O–H groups in total. The van der Waals surface area contributed by atoms with E-state index in [1.165, 1.54) is 18.2 Å². The highest BCUT2D eigenvalue weighted by atomic mass is 35.5. The van der Waals surface area contributed by atoms with Crippen molar-refractivity contribution in [1.29, 1.82) is 0 Å². The molecule has 0 aliphatic carbocycles. The topological polar surface area (TPSA) is 29.1 Å². The Bertz CT molecular complexity index is 618. The van der Waals surface area contributed by atoms with E-state index in [-0.39, 0.29) is 10.9 Å². The van der Waals surface area contributed by atoms with Crippen molar-refractivity contribution in [2.24, 2.45) is 0 Å². The van der Waals surface area contributed by atoms with Gasteiger partial charge in [0.25, 0.3) is 5.91 Å². The Balaban J connectivity index is 2.18. The molecule has 2 rings (SSSR count). The molecule has 0 saturated carbocycles. The molecule has 5 heteroatoms. The van der Waals surface area contributed by atoms with Gasteiger partial charge in [-0.15, -0.1) is 11.8 Å². The lowest BCUT2D eigenvalue weighted by Gasteiger charge is -2.07. The van der Waals surface area contributed by atoms with E-state index in [2.05, 4.69) is 5.32 Å². The molecule has 0 radical (unpaired) electrons. The summed E-state index contributed by atoms with van der Waals surface area (Å²) in [6.07, 6.45) is 1.94. The first-order valence-electron chi connectivity index (χ1n) is 5.50. The molecule has 19 heavy (non-hydrogen) atoms. The second-order valence-corrected chi connectivity index (χ2v) is 5.10. The van der Waals surface area contributed by atoms with E-state index in [9.17, 15) is 9.18 Å². The van der Waals surface area contributed by atoms with Crippen LogP contribution in [0.15, 0.2) is 47.4 Å². The summed E-state index contributed by atoms with van der Waals surface area (Å²) in [6, 6.07) is 11.3. The lowest BCUT2D eigenvalue weighted by atomic mass is 10.2. The first kappa shape index (κ1) is 13.9. The van der Waals surface area contributed by atoms with Gasteiger partial charge in [-0.3, -0.25) is 4.79 Å². The minimum absolute atomic E-state index is 0.0179. The Hall–Kier alpha value is -1.52. The molecule has 2 nitrogen and oxygen atoms in total. The fourth-order valence-corrected chi connectivity index (χ4v) is 2.18. The summed E-state index contributed by atoms with van der Waals surface area (Å²) >= 11 is 7.22. The maximum absolute atomic E-state index is 13.0. The summed E-state index contributed by atoms with van der Waals surface area (Å²) in [4.78, 5) is 13.0. The Kier molecular flexibility index (Phi) is 4.45. The van der Waals surface area contributed by atoms with E-state index in [0.717, 1.165) is 4.90 Å². The molecule has 0 fully saturated rings. The number of halogens is 2. The van der Waals surface area contributed by atoms with E-state index < -0.39 is 5.82 Å². The highest BCUT2D eigenvalue weighted by Gasteiger charge is 2.08. The number of nitrogens with one attached hydrogen (secondary N) is 1. The van der Waals surface area contributed by atoms with Crippen LogP contribution in [0.5, 0.6) is 0 Å². The zero-order valence-electron chi connectivity index (χ0n) is 10.1. The first-order valence-corrected chi connectivity index (χ1v) is 7.11. The van der Waals surface area contributed by atoms with Crippen molar-refractivity contribution in [3.05, 3.63) is 58.9 Å². The Labute approximate surface area is 120 Å². The predicted molar refractivity (Wildman–Crippen MR) is 77.6 cm³/mol. The van der Waals surface area contributed by atoms with Gasteiger partial charge in [-0.1, -0.05) is 17.7 Å². The smallest absolute Gasteiger partial charge is 0.255 e. The van der Waals surface area contributed by atoms with E-state index in [4.69, 9.17) is 11.6 Å². The Morgan fingerprint density at radius 2 is 2.05 bits per heavy atom. The van der Waals surface area contributed by atoms with Gasteiger partial charge >= 0.3 is 0 Å². The predicted octanol–water partition coefficient (Wildman–Crippen LogP) is 4.45. The molecule has 0 bridgehead atoms. The van der Waals surface area contributed by atoms with Crippen molar-refractivity contribution in [3.63, 3.8) is 0 Å². The number of carbonyl (C=O) groups excluding carboxylic acids is 1. The maximum Gasteiger partial charge on any atom is 0.255 e. The van der Waals surface area contributed by atoms with Crippen LogP contribution in [0.25, 0.3) is 0 Å². The molecule has 0 spiro atoms. The van der Waals surface area contributed by atoms with E-state index in [1.807, 2.05) is 18.4 Å². The van der Waals surface area contributed by atoms with Crippen molar-refractivity contribution < 1.29 is 9.18 Å². The van der Waals surface area contributed by atoms with Gasteiger partial charge in [0.15, 0.2) is 0 Å². The fraction of sp³-hybridized carbons (Fsp3) is 0.0714. The van der Waals surface area contributed by atoms with E-state index >= 15 is 0 Å². The molecule has 0 saturated heterocycles. The SMILES string of the molecule is CSc1cccc(C(=O)Nc2ccc(F)c(Cl)c2)c1. The number of rotatable bonds is 3. The fourth-order valence-electron chi connectivity index (χ4n) is 1.54. The zero-order chi connectivity index (χ0) is 13.8. The average molecular weight is 296 g/mol. The average Bonchev–Trinajstić information content (AvgIpc) is 2.43. The Morgan fingerprint density at radius 3 is 2.74 bits per heavy atom. The Morgan fingerprint density at radius 1 is 1.26 bits per heavy atom. The number of amides is 1. The molecule has 0 aliphatic heterocycles. The monoisotopic (exact) mass is 295 g/mol. The van der Waals surface area contributed by atoms with Gasteiger partial charge in [-0.2, -0.15) is 0 Å². The molecule has 1 amide bonds. The third-order valence-electron chi connectivity index (χ3n) is 2.51. The number of anilines is 1. The number of benzene rings is 2. The zero-order valence-corrected chi connectivity index (χ0v) is 11.7. The molecule has 2 aromatic rings. The lowest BCUT2D eigenvalue weighted by molar-refractivity contribution is 0.102. The molecule has 0 aliphatic rings. The van der Waals surface area contributed by atoms with Crippen LogP contribution >= 0.6 is 23.4 Å². The molecule has 0 unspecified atom stereocenters. The normalized spacial score (nSPS) is 10.3. The molecule has 2 aromatic carbocycles. The summed E-state index contributed by atoms with van der Waals surface area (Å²) in [7, 11) is 0. The summed E-state index contributed by atoms with van der Waals surface area (Å²) in [5.74, 6) is -0.761. The molecule has 0 aromatic heterocycles. The number of thioether (sulfide) groups is 1. The van der Waals surface area contributed by atoms with Crippen molar-refractivity contribution in [3.8, 4) is 0 Å². The van der Waals surface area contributed by atoms with Crippen LogP contribution in [-0.2, 0) is 0 Å². The highest BCUT2D eigenvalue weighted by molar-refractivity contribution is 7.98. The largest absolute Gasteiger partial charge is 0.322 e. The van der Waals surface area contributed by atoms with Crippen LogP contribution in [0.3, 0.4) is 0 Å². The standard InChI is InChI=1S/C14H11ClFNOS/c1-19-11-4-2-3-9(7-11)14(18)17-10-5-6-13(16)12(15)8-10/h2-8H,1H3,(H,17,18). The van der Waals surface area contributed by atoms with E-state index in [0.29, 0.717) is 11.3 Å². The third-order valence-corrected chi connectivity index (χ3v) is 3.52. The second kappa shape index (κ2) is 6.08. The number of hydrogen-bond donors (Lipinski definition) is 1. The number of hydrogen-bond acceptors (Lipinski definition) is 2. The second-order valence-electron chi connectivity index (χ2n) is 3.81. The van der Waals surface area contributed by atoms with Crippen LogP contribution < -0.4 is 5.32 Å². The van der Waals surface area contributed by atoms with Crippen LogP contribution in [0, 0.1) is 5.82 Å². The molecular weight excluding hydrogens is 285 g/mol.